The fourth-order valence-electron chi connectivity index (χ4n) is 2.44. The molecule has 1 aromatic rings. The third-order valence-electron chi connectivity index (χ3n) is 3.37. The molecule has 0 spiro atoms. The lowest BCUT2D eigenvalue weighted by atomic mass is 10.0. The summed E-state index contributed by atoms with van der Waals surface area (Å²) >= 11 is 0. The number of nitrogens with zero attached hydrogens (tertiary/aromatic N) is 1. The Hall–Kier alpha value is -1.29. The zero-order chi connectivity index (χ0) is 12.3. The first-order valence-electron chi connectivity index (χ1n) is 6.10. The van der Waals surface area contributed by atoms with E-state index in [1.54, 1.807) is 6.26 Å². The summed E-state index contributed by atoms with van der Waals surface area (Å²) in [5.74, 6) is 0.599. The summed E-state index contributed by atoms with van der Waals surface area (Å²) in [5.41, 5.74) is 0.929. The molecule has 4 heteroatoms. The van der Waals surface area contributed by atoms with Crippen LogP contribution >= 0.6 is 0 Å². The van der Waals surface area contributed by atoms with Crippen molar-refractivity contribution in [1.82, 2.24) is 4.90 Å². The molecule has 1 fully saturated rings. The van der Waals surface area contributed by atoms with Crippen LogP contribution in [0.15, 0.2) is 16.7 Å². The molecule has 2 heterocycles. The summed E-state index contributed by atoms with van der Waals surface area (Å²) in [6, 6.07) is 1.56. The Morgan fingerprint density at radius 1 is 1.41 bits per heavy atom. The van der Waals surface area contributed by atoms with E-state index < -0.39 is 0 Å². The molecule has 0 aromatic carbocycles. The summed E-state index contributed by atoms with van der Waals surface area (Å²) < 4.78 is 10.2. The van der Waals surface area contributed by atoms with Crippen LogP contribution in [0, 0.1) is 6.92 Å². The van der Waals surface area contributed by atoms with Crippen molar-refractivity contribution < 1.29 is 13.9 Å². The molecule has 0 amide bonds. The summed E-state index contributed by atoms with van der Waals surface area (Å²) in [5, 5.41) is 0. The summed E-state index contributed by atoms with van der Waals surface area (Å²) in [6.07, 6.45) is 5.16. The lowest BCUT2D eigenvalue weighted by molar-refractivity contribution is -0.147. The molecular formula is C13H19NO3. The molecule has 1 atom stereocenters. The van der Waals surface area contributed by atoms with Crippen molar-refractivity contribution in [3.8, 4) is 0 Å². The third-order valence-corrected chi connectivity index (χ3v) is 3.37. The molecule has 1 unspecified atom stereocenters. The van der Waals surface area contributed by atoms with E-state index in [1.807, 2.05) is 13.0 Å². The summed E-state index contributed by atoms with van der Waals surface area (Å²) in [4.78, 5) is 14.1. The Kier molecular flexibility index (Phi) is 3.84. The first-order valence-corrected chi connectivity index (χ1v) is 6.10. The number of likely N-dealkylation sites (tertiary alicyclic amines) is 1. The second-order valence-corrected chi connectivity index (χ2v) is 4.45. The highest BCUT2D eigenvalue weighted by atomic mass is 16.5. The van der Waals surface area contributed by atoms with Crippen LogP contribution in [0.2, 0.25) is 0 Å². The topological polar surface area (TPSA) is 42.7 Å². The molecule has 0 saturated carbocycles. The van der Waals surface area contributed by atoms with Crippen LogP contribution in [-0.2, 0) is 9.53 Å². The van der Waals surface area contributed by atoms with E-state index in [2.05, 4.69) is 4.90 Å². The molecular weight excluding hydrogens is 218 g/mol. The molecule has 4 nitrogen and oxygen atoms in total. The molecule has 2 rings (SSSR count). The molecule has 0 N–H and O–H groups in total. The highest BCUT2D eigenvalue weighted by molar-refractivity contribution is 5.77. The first kappa shape index (κ1) is 12.2. The van der Waals surface area contributed by atoms with Crippen molar-refractivity contribution >= 4 is 5.97 Å². The van der Waals surface area contributed by atoms with Gasteiger partial charge >= 0.3 is 5.97 Å². The van der Waals surface area contributed by atoms with Crippen molar-refractivity contribution in [2.75, 3.05) is 20.2 Å². The van der Waals surface area contributed by atoms with Crippen molar-refractivity contribution in [2.45, 2.75) is 32.2 Å². The Labute approximate surface area is 102 Å². The minimum Gasteiger partial charge on any atom is -0.469 e. The molecule has 0 bridgehead atoms. The maximum Gasteiger partial charge on any atom is 0.327 e. The van der Waals surface area contributed by atoms with Gasteiger partial charge in [0.15, 0.2) is 0 Å². The Morgan fingerprint density at radius 3 is 2.65 bits per heavy atom. The number of esters is 1. The van der Waals surface area contributed by atoms with E-state index in [-0.39, 0.29) is 12.0 Å². The molecule has 1 aliphatic heterocycles. The van der Waals surface area contributed by atoms with E-state index in [0.29, 0.717) is 0 Å². The van der Waals surface area contributed by atoms with Crippen LogP contribution in [0.5, 0.6) is 0 Å². The normalized spacial score (nSPS) is 18.9. The number of ether oxygens (including phenoxy) is 1. The standard InChI is InChI=1S/C13H19NO3/c1-10-11(6-9-17-10)12(13(15)16-2)14-7-4-3-5-8-14/h6,9,12H,3-5,7-8H2,1-2H3. The number of aryl methyl sites for hydroxylation is 1. The SMILES string of the molecule is COC(=O)C(c1ccoc1C)N1CCCCC1. The van der Waals surface area contributed by atoms with Gasteiger partial charge in [-0.1, -0.05) is 6.42 Å². The van der Waals surface area contributed by atoms with E-state index in [0.717, 1.165) is 37.3 Å². The van der Waals surface area contributed by atoms with Gasteiger partial charge in [-0.15, -0.1) is 0 Å². The van der Waals surface area contributed by atoms with Gasteiger partial charge in [0, 0.05) is 5.56 Å². The quantitative estimate of drug-likeness (QED) is 0.756. The first-order chi connectivity index (χ1) is 8.24. The van der Waals surface area contributed by atoms with Gasteiger partial charge in [0.05, 0.1) is 13.4 Å². The second-order valence-electron chi connectivity index (χ2n) is 4.45. The van der Waals surface area contributed by atoms with Gasteiger partial charge in [-0.2, -0.15) is 0 Å². The van der Waals surface area contributed by atoms with Crippen LogP contribution < -0.4 is 0 Å². The maximum absolute atomic E-state index is 12.0. The molecule has 1 aromatic heterocycles. The van der Waals surface area contributed by atoms with Gasteiger partial charge in [0.25, 0.3) is 0 Å². The summed E-state index contributed by atoms with van der Waals surface area (Å²) in [7, 11) is 1.44. The largest absolute Gasteiger partial charge is 0.469 e. The number of hydrogen-bond acceptors (Lipinski definition) is 4. The van der Waals surface area contributed by atoms with Gasteiger partial charge in [-0.3, -0.25) is 4.90 Å². The number of hydrogen-bond donors (Lipinski definition) is 0. The Morgan fingerprint density at radius 2 is 2.12 bits per heavy atom. The number of carbonyl (C=O) groups is 1. The van der Waals surface area contributed by atoms with Gasteiger partial charge < -0.3 is 9.15 Å². The van der Waals surface area contributed by atoms with E-state index in [9.17, 15) is 4.79 Å². The van der Waals surface area contributed by atoms with E-state index in [4.69, 9.17) is 9.15 Å². The van der Waals surface area contributed by atoms with Crippen molar-refractivity contribution in [3.05, 3.63) is 23.7 Å². The van der Waals surface area contributed by atoms with Gasteiger partial charge in [-0.05, 0) is 38.9 Å². The third kappa shape index (κ3) is 2.52. The van der Waals surface area contributed by atoms with Gasteiger partial charge in [-0.25, -0.2) is 4.79 Å². The van der Waals surface area contributed by atoms with Crippen LogP contribution in [0.4, 0.5) is 0 Å². The molecule has 17 heavy (non-hydrogen) atoms. The van der Waals surface area contributed by atoms with E-state index in [1.165, 1.54) is 13.5 Å². The number of rotatable bonds is 3. The number of furan rings is 1. The summed E-state index contributed by atoms with van der Waals surface area (Å²) in [6.45, 7) is 3.78. The lowest BCUT2D eigenvalue weighted by Gasteiger charge is -2.32. The van der Waals surface area contributed by atoms with Crippen molar-refractivity contribution in [3.63, 3.8) is 0 Å². The van der Waals surface area contributed by atoms with Crippen LogP contribution in [-0.4, -0.2) is 31.1 Å². The van der Waals surface area contributed by atoms with Crippen molar-refractivity contribution in [2.24, 2.45) is 0 Å². The Balaban J connectivity index is 2.24. The minimum absolute atomic E-state index is 0.198. The van der Waals surface area contributed by atoms with Crippen LogP contribution in [0.25, 0.3) is 0 Å². The van der Waals surface area contributed by atoms with Gasteiger partial charge in [0.1, 0.15) is 11.8 Å². The average Bonchev–Trinajstić information content (AvgIpc) is 2.77. The predicted molar refractivity (Wildman–Crippen MR) is 63.6 cm³/mol. The smallest absolute Gasteiger partial charge is 0.327 e. The monoisotopic (exact) mass is 237 g/mol. The second kappa shape index (κ2) is 5.36. The highest BCUT2D eigenvalue weighted by Crippen LogP contribution is 2.28. The zero-order valence-electron chi connectivity index (χ0n) is 10.4. The average molecular weight is 237 g/mol. The Bertz CT molecular complexity index is 380. The number of methoxy groups -OCH3 is 1. The number of carbonyl (C=O) groups excluding carboxylic acids is 1. The molecule has 0 radical (unpaired) electrons. The van der Waals surface area contributed by atoms with Crippen LogP contribution in [0.3, 0.4) is 0 Å². The number of piperidine rings is 1. The predicted octanol–water partition coefficient (Wildman–Crippen LogP) is 2.29. The minimum atomic E-state index is -0.306. The van der Waals surface area contributed by atoms with Crippen LogP contribution in [0.1, 0.15) is 36.6 Å². The fraction of sp³-hybridized carbons (Fsp3) is 0.615. The van der Waals surface area contributed by atoms with Gasteiger partial charge in [0.2, 0.25) is 0 Å². The van der Waals surface area contributed by atoms with E-state index >= 15 is 0 Å². The lowest BCUT2D eigenvalue weighted by Crippen LogP contribution is -2.38. The highest BCUT2D eigenvalue weighted by Gasteiger charge is 2.31. The molecule has 94 valence electrons. The zero-order valence-corrected chi connectivity index (χ0v) is 10.4. The maximum atomic E-state index is 12.0. The van der Waals surface area contributed by atoms with Crippen molar-refractivity contribution in [1.29, 1.82) is 0 Å². The molecule has 0 aliphatic carbocycles. The molecule has 1 aliphatic rings. The fourth-order valence-corrected chi connectivity index (χ4v) is 2.44. The molecule has 1 saturated heterocycles.